The van der Waals surface area contributed by atoms with Crippen molar-refractivity contribution in [2.75, 3.05) is 5.73 Å². The predicted molar refractivity (Wildman–Crippen MR) is 80.3 cm³/mol. The van der Waals surface area contributed by atoms with Crippen LogP contribution in [0.5, 0.6) is 0 Å². The molecular formula is C13H13BrN4O2. The van der Waals surface area contributed by atoms with E-state index in [1.807, 2.05) is 13.8 Å². The van der Waals surface area contributed by atoms with Gasteiger partial charge in [0.25, 0.3) is 5.69 Å². The second-order valence-corrected chi connectivity index (χ2v) is 5.39. The number of anilines is 1. The third kappa shape index (κ3) is 2.77. The van der Waals surface area contributed by atoms with Gasteiger partial charge in [0.15, 0.2) is 5.82 Å². The summed E-state index contributed by atoms with van der Waals surface area (Å²) in [7, 11) is 0. The number of nitrogens with two attached hydrogens (primary N) is 1. The SMILES string of the molecule is CC(C)c1nc(-c2cccc([N+](=O)[O-])c2)nc(N)c1Br. The van der Waals surface area contributed by atoms with Crippen molar-refractivity contribution in [1.29, 1.82) is 0 Å². The molecule has 0 saturated carbocycles. The summed E-state index contributed by atoms with van der Waals surface area (Å²) in [5.74, 6) is 0.871. The number of benzene rings is 1. The molecule has 0 aliphatic heterocycles. The summed E-state index contributed by atoms with van der Waals surface area (Å²) in [5.41, 5.74) is 7.21. The van der Waals surface area contributed by atoms with E-state index in [1.165, 1.54) is 12.1 Å². The van der Waals surface area contributed by atoms with Crippen LogP contribution in [0.3, 0.4) is 0 Å². The number of rotatable bonds is 3. The molecule has 2 N–H and O–H groups in total. The van der Waals surface area contributed by atoms with Crippen molar-refractivity contribution in [3.8, 4) is 11.4 Å². The predicted octanol–water partition coefficient (Wildman–Crippen LogP) is 3.52. The van der Waals surface area contributed by atoms with Crippen LogP contribution in [0.4, 0.5) is 11.5 Å². The Balaban J connectivity index is 2.58. The van der Waals surface area contributed by atoms with Crippen molar-refractivity contribution in [3.63, 3.8) is 0 Å². The fourth-order valence-electron chi connectivity index (χ4n) is 1.75. The zero-order valence-electron chi connectivity index (χ0n) is 11.0. The normalized spacial score (nSPS) is 10.8. The van der Waals surface area contributed by atoms with Crippen molar-refractivity contribution in [3.05, 3.63) is 44.5 Å². The molecule has 1 aromatic heterocycles. The number of hydrogen-bond acceptors (Lipinski definition) is 5. The number of nitro groups is 1. The number of hydrogen-bond donors (Lipinski definition) is 1. The van der Waals surface area contributed by atoms with Crippen molar-refractivity contribution in [2.24, 2.45) is 0 Å². The van der Waals surface area contributed by atoms with E-state index >= 15 is 0 Å². The molecule has 104 valence electrons. The molecule has 2 aromatic rings. The van der Waals surface area contributed by atoms with Crippen LogP contribution in [0.15, 0.2) is 28.7 Å². The van der Waals surface area contributed by atoms with Crippen LogP contribution in [0.25, 0.3) is 11.4 Å². The third-order valence-corrected chi connectivity index (χ3v) is 3.58. The Bertz CT molecular complexity index is 673. The fraction of sp³-hybridized carbons (Fsp3) is 0.231. The van der Waals surface area contributed by atoms with Crippen LogP contribution in [-0.4, -0.2) is 14.9 Å². The molecule has 6 nitrogen and oxygen atoms in total. The Morgan fingerprint density at radius 2 is 2.05 bits per heavy atom. The van der Waals surface area contributed by atoms with Crippen molar-refractivity contribution < 1.29 is 4.92 Å². The number of halogens is 1. The van der Waals surface area contributed by atoms with E-state index in [2.05, 4.69) is 25.9 Å². The molecule has 1 heterocycles. The lowest BCUT2D eigenvalue weighted by Crippen LogP contribution is -2.04. The van der Waals surface area contributed by atoms with E-state index in [4.69, 9.17) is 5.73 Å². The summed E-state index contributed by atoms with van der Waals surface area (Å²) in [5, 5.41) is 10.8. The second kappa shape index (κ2) is 5.54. The third-order valence-electron chi connectivity index (χ3n) is 2.76. The van der Waals surface area contributed by atoms with Gasteiger partial charge < -0.3 is 5.73 Å². The standard InChI is InChI=1S/C13H13BrN4O2/c1-7(2)11-10(14)12(15)17-13(16-11)8-4-3-5-9(6-8)18(19)20/h3-7H,1-2H3,(H2,15,16,17). The molecule has 20 heavy (non-hydrogen) atoms. The Labute approximate surface area is 124 Å². The van der Waals surface area contributed by atoms with Gasteiger partial charge >= 0.3 is 0 Å². The summed E-state index contributed by atoms with van der Waals surface area (Å²) in [4.78, 5) is 19.0. The molecule has 0 fully saturated rings. The van der Waals surface area contributed by atoms with Gasteiger partial charge in [-0.2, -0.15) is 0 Å². The molecular weight excluding hydrogens is 324 g/mol. The number of nitrogen functional groups attached to an aromatic ring is 1. The van der Waals surface area contributed by atoms with E-state index < -0.39 is 4.92 Å². The fourth-order valence-corrected chi connectivity index (χ4v) is 2.39. The summed E-state index contributed by atoms with van der Waals surface area (Å²) in [6, 6.07) is 6.19. The van der Waals surface area contributed by atoms with Crippen LogP contribution in [0, 0.1) is 10.1 Å². The minimum Gasteiger partial charge on any atom is -0.383 e. The molecule has 0 unspecified atom stereocenters. The molecule has 0 aliphatic carbocycles. The quantitative estimate of drug-likeness (QED) is 0.683. The molecule has 0 bridgehead atoms. The largest absolute Gasteiger partial charge is 0.383 e. The molecule has 1 aromatic carbocycles. The van der Waals surface area contributed by atoms with Gasteiger partial charge in [0.05, 0.1) is 15.1 Å². The molecule has 7 heteroatoms. The number of non-ortho nitro benzene ring substituents is 1. The average Bonchev–Trinajstić information content (AvgIpc) is 2.41. The maximum atomic E-state index is 10.8. The van der Waals surface area contributed by atoms with E-state index in [-0.39, 0.29) is 11.6 Å². The highest BCUT2D eigenvalue weighted by Crippen LogP contribution is 2.30. The van der Waals surface area contributed by atoms with Gasteiger partial charge in [-0.05, 0) is 21.8 Å². The smallest absolute Gasteiger partial charge is 0.270 e. The Hall–Kier alpha value is -2.02. The number of nitro benzene ring substituents is 1. The van der Waals surface area contributed by atoms with Crippen LogP contribution in [0.1, 0.15) is 25.5 Å². The first kappa shape index (κ1) is 14.4. The summed E-state index contributed by atoms with van der Waals surface area (Å²) in [6.45, 7) is 3.98. The lowest BCUT2D eigenvalue weighted by atomic mass is 10.1. The van der Waals surface area contributed by atoms with Crippen molar-refractivity contribution >= 4 is 27.4 Å². The zero-order valence-corrected chi connectivity index (χ0v) is 12.6. The topological polar surface area (TPSA) is 94.9 Å². The van der Waals surface area contributed by atoms with Crippen molar-refractivity contribution in [1.82, 2.24) is 9.97 Å². The van der Waals surface area contributed by atoms with Crippen molar-refractivity contribution in [2.45, 2.75) is 19.8 Å². The van der Waals surface area contributed by atoms with Crippen LogP contribution >= 0.6 is 15.9 Å². The van der Waals surface area contributed by atoms with E-state index in [9.17, 15) is 10.1 Å². The molecule has 0 atom stereocenters. The van der Waals surface area contributed by atoms with Crippen LogP contribution < -0.4 is 5.73 Å². The molecule has 0 amide bonds. The first-order chi connectivity index (χ1) is 9.40. The monoisotopic (exact) mass is 336 g/mol. The van der Waals surface area contributed by atoms with Gasteiger partial charge in [0.2, 0.25) is 0 Å². The van der Waals surface area contributed by atoms with Gasteiger partial charge in [-0.25, -0.2) is 9.97 Å². The van der Waals surface area contributed by atoms with E-state index in [1.54, 1.807) is 12.1 Å². The van der Waals surface area contributed by atoms with Gasteiger partial charge in [0, 0.05) is 17.7 Å². The summed E-state index contributed by atoms with van der Waals surface area (Å²) < 4.78 is 0.668. The molecule has 2 rings (SSSR count). The lowest BCUT2D eigenvalue weighted by molar-refractivity contribution is -0.384. The maximum absolute atomic E-state index is 10.8. The highest BCUT2D eigenvalue weighted by molar-refractivity contribution is 9.10. The van der Waals surface area contributed by atoms with Gasteiger partial charge in [0.1, 0.15) is 5.82 Å². The number of nitrogens with zero attached hydrogens (tertiary/aromatic N) is 3. The highest BCUT2D eigenvalue weighted by Gasteiger charge is 2.15. The van der Waals surface area contributed by atoms with Gasteiger partial charge in [-0.15, -0.1) is 0 Å². The Morgan fingerprint density at radius 1 is 1.35 bits per heavy atom. The zero-order chi connectivity index (χ0) is 14.9. The summed E-state index contributed by atoms with van der Waals surface area (Å²) >= 11 is 3.37. The summed E-state index contributed by atoms with van der Waals surface area (Å²) in [6.07, 6.45) is 0. The van der Waals surface area contributed by atoms with E-state index in [0.29, 0.717) is 21.7 Å². The van der Waals surface area contributed by atoms with Crippen LogP contribution in [-0.2, 0) is 0 Å². The molecule has 0 saturated heterocycles. The number of aromatic nitrogens is 2. The minimum absolute atomic E-state index is 0.00122. The average molecular weight is 337 g/mol. The first-order valence-corrected chi connectivity index (χ1v) is 6.77. The van der Waals surface area contributed by atoms with Gasteiger partial charge in [-0.1, -0.05) is 26.0 Å². The molecule has 0 radical (unpaired) electrons. The first-order valence-electron chi connectivity index (χ1n) is 5.98. The highest BCUT2D eigenvalue weighted by atomic mass is 79.9. The molecule has 0 aliphatic rings. The van der Waals surface area contributed by atoms with Crippen LogP contribution in [0.2, 0.25) is 0 Å². The lowest BCUT2D eigenvalue weighted by Gasteiger charge is -2.11. The second-order valence-electron chi connectivity index (χ2n) is 4.59. The Morgan fingerprint density at radius 3 is 2.65 bits per heavy atom. The van der Waals surface area contributed by atoms with E-state index in [0.717, 1.165) is 5.69 Å². The minimum atomic E-state index is -0.449. The molecule has 0 spiro atoms. The Kier molecular flexibility index (Phi) is 3.99. The maximum Gasteiger partial charge on any atom is 0.270 e. The van der Waals surface area contributed by atoms with Gasteiger partial charge in [-0.3, -0.25) is 10.1 Å².